The molecule has 0 bridgehead atoms. The van der Waals surface area contributed by atoms with Crippen LogP contribution >= 0.6 is 0 Å². The van der Waals surface area contributed by atoms with Crippen LogP contribution in [0.4, 0.5) is 5.95 Å². The van der Waals surface area contributed by atoms with Crippen molar-refractivity contribution in [1.82, 2.24) is 9.97 Å². The van der Waals surface area contributed by atoms with Gasteiger partial charge in [-0.1, -0.05) is 0 Å². The van der Waals surface area contributed by atoms with Crippen molar-refractivity contribution in [2.75, 3.05) is 12.3 Å². The van der Waals surface area contributed by atoms with Gasteiger partial charge in [0.15, 0.2) is 0 Å². The van der Waals surface area contributed by atoms with Gasteiger partial charge in [-0.2, -0.15) is 0 Å². The summed E-state index contributed by atoms with van der Waals surface area (Å²) in [5.74, 6) is 1.54. The van der Waals surface area contributed by atoms with Crippen LogP contribution in [0.5, 0.6) is 0 Å². The monoisotopic (exact) mass is 204 g/mol. The van der Waals surface area contributed by atoms with Gasteiger partial charge in [0.1, 0.15) is 0 Å². The summed E-state index contributed by atoms with van der Waals surface area (Å²) in [7, 11) is 0. The molecular weight excluding hydrogens is 188 g/mol. The van der Waals surface area contributed by atoms with Gasteiger partial charge in [-0.05, 0) is 32.2 Å². The van der Waals surface area contributed by atoms with E-state index in [-0.39, 0.29) is 0 Å². The molecule has 2 aliphatic rings. The fraction of sp³-hybridized carbons (Fsp3) is 0.636. The van der Waals surface area contributed by atoms with E-state index in [1.165, 1.54) is 24.1 Å². The number of aromatic nitrogens is 2. The molecule has 1 aromatic heterocycles. The molecule has 1 saturated carbocycles. The van der Waals surface area contributed by atoms with E-state index in [1.807, 2.05) is 0 Å². The van der Waals surface area contributed by atoms with E-state index >= 15 is 0 Å². The fourth-order valence-electron chi connectivity index (χ4n) is 2.55. The molecule has 0 amide bonds. The Morgan fingerprint density at radius 2 is 2.00 bits per heavy atom. The first-order valence-electron chi connectivity index (χ1n) is 5.66. The van der Waals surface area contributed by atoms with Crippen LogP contribution in [0.25, 0.3) is 0 Å². The van der Waals surface area contributed by atoms with Crippen molar-refractivity contribution >= 4 is 5.95 Å². The number of nitrogens with zero attached hydrogens (tertiary/aromatic N) is 2. The van der Waals surface area contributed by atoms with Gasteiger partial charge in [0.2, 0.25) is 5.95 Å². The number of hydrogen-bond acceptors (Lipinski definition) is 4. The largest absolute Gasteiger partial charge is 0.368 e. The van der Waals surface area contributed by atoms with Crippen molar-refractivity contribution in [3.63, 3.8) is 0 Å². The van der Waals surface area contributed by atoms with E-state index < -0.39 is 0 Å². The molecule has 80 valence electrons. The van der Waals surface area contributed by atoms with Crippen LogP contribution in [0, 0.1) is 0 Å². The van der Waals surface area contributed by atoms with Crippen LogP contribution in [-0.2, 0) is 6.42 Å². The van der Waals surface area contributed by atoms with Crippen LogP contribution in [-0.4, -0.2) is 16.5 Å². The van der Waals surface area contributed by atoms with Crippen molar-refractivity contribution in [1.29, 1.82) is 0 Å². The third-order valence-corrected chi connectivity index (χ3v) is 3.46. The predicted octanol–water partition coefficient (Wildman–Crippen LogP) is 0.925. The lowest BCUT2D eigenvalue weighted by Gasteiger charge is -2.12. The summed E-state index contributed by atoms with van der Waals surface area (Å²) in [5, 5.41) is 0. The molecule has 4 nitrogen and oxygen atoms in total. The fourth-order valence-corrected chi connectivity index (χ4v) is 2.55. The first-order valence-corrected chi connectivity index (χ1v) is 5.66. The molecular formula is C11H16N4. The van der Waals surface area contributed by atoms with Crippen LogP contribution in [0.1, 0.15) is 48.0 Å². The van der Waals surface area contributed by atoms with Crippen molar-refractivity contribution < 1.29 is 0 Å². The Morgan fingerprint density at radius 1 is 1.20 bits per heavy atom. The van der Waals surface area contributed by atoms with E-state index in [2.05, 4.69) is 9.97 Å². The smallest absolute Gasteiger partial charge is 0.220 e. The number of nitrogen functional groups attached to an aromatic ring is 1. The summed E-state index contributed by atoms with van der Waals surface area (Å²) in [5.41, 5.74) is 15.2. The molecule has 0 aromatic carbocycles. The third-order valence-electron chi connectivity index (χ3n) is 3.46. The maximum Gasteiger partial charge on any atom is 0.220 e. The summed E-state index contributed by atoms with van der Waals surface area (Å²) < 4.78 is 0. The van der Waals surface area contributed by atoms with E-state index in [9.17, 15) is 0 Å². The van der Waals surface area contributed by atoms with Gasteiger partial charge in [-0.25, -0.2) is 9.97 Å². The number of rotatable bonds is 2. The van der Waals surface area contributed by atoms with Gasteiger partial charge < -0.3 is 11.5 Å². The molecule has 1 aromatic rings. The molecule has 0 aliphatic heterocycles. The summed E-state index contributed by atoms with van der Waals surface area (Å²) in [4.78, 5) is 8.75. The van der Waals surface area contributed by atoms with Crippen molar-refractivity contribution in [3.05, 3.63) is 17.0 Å². The van der Waals surface area contributed by atoms with Crippen molar-refractivity contribution in [2.45, 2.75) is 37.5 Å². The maximum absolute atomic E-state index is 5.79. The highest BCUT2D eigenvalue weighted by molar-refractivity contribution is 5.41. The summed E-state index contributed by atoms with van der Waals surface area (Å²) in [6.45, 7) is 0.708. The van der Waals surface area contributed by atoms with Gasteiger partial charge in [0.05, 0.1) is 5.69 Å². The molecule has 3 rings (SSSR count). The lowest BCUT2D eigenvalue weighted by Crippen LogP contribution is -2.13. The highest BCUT2D eigenvalue weighted by Gasteiger charge is 2.34. The SMILES string of the molecule is NCC1CCc2nc(N)nc(C3CC3)c21. The Kier molecular flexibility index (Phi) is 1.92. The van der Waals surface area contributed by atoms with E-state index in [0.717, 1.165) is 18.5 Å². The topological polar surface area (TPSA) is 77.8 Å². The van der Waals surface area contributed by atoms with E-state index in [0.29, 0.717) is 24.3 Å². The number of aryl methyl sites for hydroxylation is 1. The van der Waals surface area contributed by atoms with Crippen LogP contribution in [0.3, 0.4) is 0 Å². The number of hydrogen-bond donors (Lipinski definition) is 2. The zero-order valence-electron chi connectivity index (χ0n) is 8.74. The Hall–Kier alpha value is -1.16. The van der Waals surface area contributed by atoms with Crippen molar-refractivity contribution in [3.8, 4) is 0 Å². The Bertz CT molecular complexity index is 398. The molecule has 0 spiro atoms. The van der Waals surface area contributed by atoms with E-state index in [4.69, 9.17) is 11.5 Å². The predicted molar refractivity (Wildman–Crippen MR) is 58.5 cm³/mol. The van der Waals surface area contributed by atoms with Crippen LogP contribution < -0.4 is 11.5 Å². The second-order valence-electron chi connectivity index (χ2n) is 4.57. The zero-order chi connectivity index (χ0) is 10.4. The van der Waals surface area contributed by atoms with Gasteiger partial charge in [-0.3, -0.25) is 0 Å². The minimum absolute atomic E-state index is 0.438. The maximum atomic E-state index is 5.79. The minimum atomic E-state index is 0.438. The molecule has 4 N–H and O–H groups in total. The summed E-state index contributed by atoms with van der Waals surface area (Å²) in [6, 6.07) is 0. The molecule has 0 saturated heterocycles. The molecule has 15 heavy (non-hydrogen) atoms. The second-order valence-corrected chi connectivity index (χ2v) is 4.57. The lowest BCUT2D eigenvalue weighted by atomic mass is 9.99. The zero-order valence-corrected chi connectivity index (χ0v) is 8.74. The normalized spacial score (nSPS) is 24.2. The Balaban J connectivity index is 2.12. The molecule has 4 heteroatoms. The average molecular weight is 204 g/mol. The quantitative estimate of drug-likeness (QED) is 0.751. The highest BCUT2D eigenvalue weighted by atomic mass is 15.0. The average Bonchev–Trinajstić information content (AvgIpc) is 2.98. The number of fused-ring (bicyclic) bond motifs is 1. The standard InChI is InChI=1S/C11H16N4/c12-5-7-3-4-8-9(7)10(6-1-2-6)15-11(13)14-8/h6-7H,1-5,12H2,(H2,13,14,15). The third kappa shape index (κ3) is 1.40. The Labute approximate surface area is 89.1 Å². The van der Waals surface area contributed by atoms with Crippen LogP contribution in [0.15, 0.2) is 0 Å². The van der Waals surface area contributed by atoms with Crippen LogP contribution in [0.2, 0.25) is 0 Å². The summed E-state index contributed by atoms with van der Waals surface area (Å²) >= 11 is 0. The van der Waals surface area contributed by atoms with Crippen molar-refractivity contribution in [2.24, 2.45) is 5.73 Å². The first-order chi connectivity index (χ1) is 7.29. The van der Waals surface area contributed by atoms with Gasteiger partial charge in [-0.15, -0.1) is 0 Å². The minimum Gasteiger partial charge on any atom is -0.368 e. The summed E-state index contributed by atoms with van der Waals surface area (Å²) in [6.07, 6.45) is 4.63. The first kappa shape index (κ1) is 9.09. The Morgan fingerprint density at radius 3 is 2.67 bits per heavy atom. The van der Waals surface area contributed by atoms with Gasteiger partial charge >= 0.3 is 0 Å². The molecule has 1 fully saturated rings. The molecule has 1 heterocycles. The number of anilines is 1. The highest BCUT2D eigenvalue weighted by Crippen LogP contribution is 2.45. The van der Waals surface area contributed by atoms with E-state index in [1.54, 1.807) is 0 Å². The molecule has 1 atom stereocenters. The molecule has 1 unspecified atom stereocenters. The van der Waals surface area contributed by atoms with Gasteiger partial charge in [0, 0.05) is 23.1 Å². The molecule has 0 radical (unpaired) electrons. The van der Waals surface area contributed by atoms with Gasteiger partial charge in [0.25, 0.3) is 0 Å². The molecule has 2 aliphatic carbocycles. The second kappa shape index (κ2) is 3.17. The lowest BCUT2D eigenvalue weighted by molar-refractivity contribution is 0.679. The number of nitrogens with two attached hydrogens (primary N) is 2.